The highest BCUT2D eigenvalue weighted by atomic mass is 16.5. The maximum absolute atomic E-state index is 6.22. The minimum Gasteiger partial charge on any atom is -0.381 e. The van der Waals surface area contributed by atoms with Gasteiger partial charge in [0.05, 0.1) is 11.7 Å². The van der Waals surface area contributed by atoms with Gasteiger partial charge in [-0.15, -0.1) is 0 Å². The maximum atomic E-state index is 6.22. The molecule has 2 heterocycles. The standard InChI is InChI=1S/C12H18N2O/c1-9-2-5-14-11(8-9)12(13)10-3-6-15-7-4-10/h2,5,8,10,12H,3-4,6-7,13H2,1H3/t12-/m0/s1. The van der Waals surface area contributed by atoms with E-state index in [1.54, 1.807) is 0 Å². The summed E-state index contributed by atoms with van der Waals surface area (Å²) in [5.41, 5.74) is 8.46. The van der Waals surface area contributed by atoms with E-state index in [0.29, 0.717) is 5.92 Å². The third kappa shape index (κ3) is 2.55. The van der Waals surface area contributed by atoms with Crippen molar-refractivity contribution in [2.75, 3.05) is 13.2 Å². The smallest absolute Gasteiger partial charge is 0.0576 e. The monoisotopic (exact) mass is 206 g/mol. The van der Waals surface area contributed by atoms with Gasteiger partial charge in [-0.05, 0) is 43.4 Å². The molecule has 0 saturated carbocycles. The van der Waals surface area contributed by atoms with Crippen LogP contribution in [0.25, 0.3) is 0 Å². The molecule has 0 spiro atoms. The lowest BCUT2D eigenvalue weighted by Gasteiger charge is -2.27. The molecule has 15 heavy (non-hydrogen) atoms. The van der Waals surface area contributed by atoms with E-state index in [-0.39, 0.29) is 6.04 Å². The Hall–Kier alpha value is -0.930. The van der Waals surface area contributed by atoms with Crippen LogP contribution in [-0.4, -0.2) is 18.2 Å². The average molecular weight is 206 g/mol. The van der Waals surface area contributed by atoms with E-state index in [1.807, 2.05) is 12.3 Å². The van der Waals surface area contributed by atoms with Gasteiger partial charge in [-0.3, -0.25) is 4.98 Å². The lowest BCUT2D eigenvalue weighted by atomic mass is 9.90. The minimum absolute atomic E-state index is 0.0637. The Labute approximate surface area is 90.7 Å². The molecule has 1 fully saturated rings. The maximum Gasteiger partial charge on any atom is 0.0576 e. The van der Waals surface area contributed by atoms with Gasteiger partial charge in [-0.2, -0.15) is 0 Å². The molecule has 0 radical (unpaired) electrons. The van der Waals surface area contributed by atoms with Crippen LogP contribution in [0, 0.1) is 12.8 Å². The molecule has 1 aromatic rings. The van der Waals surface area contributed by atoms with Crippen LogP contribution >= 0.6 is 0 Å². The minimum atomic E-state index is 0.0637. The van der Waals surface area contributed by atoms with E-state index in [4.69, 9.17) is 10.5 Å². The fourth-order valence-electron chi connectivity index (χ4n) is 2.06. The first-order chi connectivity index (χ1) is 7.27. The Morgan fingerprint density at radius 1 is 1.47 bits per heavy atom. The number of pyridine rings is 1. The molecule has 0 amide bonds. The molecule has 3 nitrogen and oxygen atoms in total. The molecular weight excluding hydrogens is 188 g/mol. The predicted molar refractivity (Wildman–Crippen MR) is 59.4 cm³/mol. The Morgan fingerprint density at radius 3 is 2.87 bits per heavy atom. The van der Waals surface area contributed by atoms with Gasteiger partial charge in [0.1, 0.15) is 0 Å². The van der Waals surface area contributed by atoms with Crippen LogP contribution < -0.4 is 5.73 Å². The van der Waals surface area contributed by atoms with Crippen molar-refractivity contribution in [1.82, 2.24) is 4.98 Å². The van der Waals surface area contributed by atoms with Crippen molar-refractivity contribution in [3.63, 3.8) is 0 Å². The number of rotatable bonds is 2. The molecule has 0 aromatic carbocycles. The second-order valence-corrected chi connectivity index (χ2v) is 4.23. The van der Waals surface area contributed by atoms with Gasteiger partial charge in [0, 0.05) is 19.4 Å². The summed E-state index contributed by atoms with van der Waals surface area (Å²) in [6.07, 6.45) is 3.94. The topological polar surface area (TPSA) is 48.1 Å². The van der Waals surface area contributed by atoms with Crippen molar-refractivity contribution in [3.8, 4) is 0 Å². The quantitative estimate of drug-likeness (QED) is 0.803. The molecule has 1 saturated heterocycles. The molecular formula is C12H18N2O. The second kappa shape index (κ2) is 4.73. The van der Waals surface area contributed by atoms with Gasteiger partial charge in [0.2, 0.25) is 0 Å². The van der Waals surface area contributed by atoms with Crippen LogP contribution in [0.2, 0.25) is 0 Å². The molecule has 82 valence electrons. The first-order valence-corrected chi connectivity index (χ1v) is 5.53. The molecule has 0 aliphatic carbocycles. The molecule has 1 aliphatic rings. The zero-order chi connectivity index (χ0) is 10.7. The lowest BCUT2D eigenvalue weighted by molar-refractivity contribution is 0.0579. The lowest BCUT2D eigenvalue weighted by Crippen LogP contribution is -2.28. The number of aromatic nitrogens is 1. The Bertz CT molecular complexity index is 321. The Morgan fingerprint density at radius 2 is 2.20 bits per heavy atom. The van der Waals surface area contributed by atoms with E-state index in [0.717, 1.165) is 31.7 Å². The fourth-order valence-corrected chi connectivity index (χ4v) is 2.06. The summed E-state index contributed by atoms with van der Waals surface area (Å²) < 4.78 is 5.33. The first-order valence-electron chi connectivity index (χ1n) is 5.53. The molecule has 3 heteroatoms. The van der Waals surface area contributed by atoms with Gasteiger partial charge < -0.3 is 10.5 Å². The van der Waals surface area contributed by atoms with Crippen molar-refractivity contribution < 1.29 is 4.74 Å². The van der Waals surface area contributed by atoms with Gasteiger partial charge in [0.25, 0.3) is 0 Å². The van der Waals surface area contributed by atoms with Crippen molar-refractivity contribution in [1.29, 1.82) is 0 Å². The van der Waals surface area contributed by atoms with E-state index in [2.05, 4.69) is 18.0 Å². The SMILES string of the molecule is Cc1ccnc([C@@H](N)C2CCOCC2)c1. The molecule has 1 aromatic heterocycles. The zero-order valence-corrected chi connectivity index (χ0v) is 9.15. The van der Waals surface area contributed by atoms with E-state index < -0.39 is 0 Å². The summed E-state index contributed by atoms with van der Waals surface area (Å²) in [4.78, 5) is 4.35. The van der Waals surface area contributed by atoms with Gasteiger partial charge >= 0.3 is 0 Å². The highest BCUT2D eigenvalue weighted by Gasteiger charge is 2.22. The van der Waals surface area contributed by atoms with E-state index in [1.165, 1.54) is 5.56 Å². The first kappa shape index (κ1) is 10.6. The summed E-state index contributed by atoms with van der Waals surface area (Å²) >= 11 is 0. The number of ether oxygens (including phenoxy) is 1. The summed E-state index contributed by atoms with van der Waals surface area (Å²) in [6.45, 7) is 3.75. The zero-order valence-electron chi connectivity index (χ0n) is 9.15. The highest BCUT2D eigenvalue weighted by Crippen LogP contribution is 2.26. The number of nitrogens with two attached hydrogens (primary N) is 1. The number of nitrogens with zero attached hydrogens (tertiary/aromatic N) is 1. The number of hydrogen-bond acceptors (Lipinski definition) is 3. The summed E-state index contributed by atoms with van der Waals surface area (Å²) in [7, 11) is 0. The van der Waals surface area contributed by atoms with Crippen LogP contribution in [0.3, 0.4) is 0 Å². The van der Waals surface area contributed by atoms with Crippen molar-refractivity contribution in [3.05, 3.63) is 29.6 Å². The van der Waals surface area contributed by atoms with E-state index in [9.17, 15) is 0 Å². The Balaban J connectivity index is 2.08. The molecule has 0 bridgehead atoms. The normalized spacial score (nSPS) is 20.1. The third-order valence-corrected chi connectivity index (χ3v) is 3.05. The summed E-state index contributed by atoms with van der Waals surface area (Å²) in [5, 5.41) is 0. The third-order valence-electron chi connectivity index (χ3n) is 3.05. The largest absolute Gasteiger partial charge is 0.381 e. The molecule has 0 unspecified atom stereocenters. The fraction of sp³-hybridized carbons (Fsp3) is 0.583. The van der Waals surface area contributed by atoms with Crippen molar-refractivity contribution in [2.45, 2.75) is 25.8 Å². The van der Waals surface area contributed by atoms with Gasteiger partial charge in [-0.1, -0.05) is 0 Å². The van der Waals surface area contributed by atoms with Crippen LogP contribution in [0.4, 0.5) is 0 Å². The number of hydrogen-bond donors (Lipinski definition) is 1. The van der Waals surface area contributed by atoms with Crippen LogP contribution in [0.5, 0.6) is 0 Å². The number of aryl methyl sites for hydroxylation is 1. The molecule has 2 N–H and O–H groups in total. The van der Waals surface area contributed by atoms with Crippen molar-refractivity contribution in [2.24, 2.45) is 11.7 Å². The second-order valence-electron chi connectivity index (χ2n) is 4.23. The highest BCUT2D eigenvalue weighted by molar-refractivity contribution is 5.17. The average Bonchev–Trinajstić information content (AvgIpc) is 2.29. The van der Waals surface area contributed by atoms with Gasteiger partial charge in [-0.25, -0.2) is 0 Å². The summed E-state index contributed by atoms with van der Waals surface area (Å²) in [5.74, 6) is 0.521. The van der Waals surface area contributed by atoms with Crippen LogP contribution in [-0.2, 0) is 4.74 Å². The van der Waals surface area contributed by atoms with Gasteiger partial charge in [0.15, 0.2) is 0 Å². The summed E-state index contributed by atoms with van der Waals surface area (Å²) in [6, 6.07) is 4.15. The molecule has 1 aliphatic heterocycles. The van der Waals surface area contributed by atoms with Crippen LogP contribution in [0.1, 0.15) is 30.1 Å². The van der Waals surface area contributed by atoms with E-state index >= 15 is 0 Å². The molecule has 1 atom stereocenters. The van der Waals surface area contributed by atoms with Crippen LogP contribution in [0.15, 0.2) is 18.3 Å². The van der Waals surface area contributed by atoms with Crippen molar-refractivity contribution >= 4 is 0 Å². The predicted octanol–water partition coefficient (Wildman–Crippen LogP) is 1.82. The Kier molecular flexibility index (Phi) is 3.34. The molecule has 2 rings (SSSR count).